The van der Waals surface area contributed by atoms with Crippen LogP contribution >= 0.6 is 0 Å². The van der Waals surface area contributed by atoms with Gasteiger partial charge in [-0.1, -0.05) is 40.5 Å². The lowest BCUT2D eigenvalue weighted by atomic mass is 9.91. The molecule has 4 nitrogen and oxygen atoms in total. The van der Waals surface area contributed by atoms with Gasteiger partial charge in [-0.05, 0) is 25.7 Å². The van der Waals surface area contributed by atoms with Gasteiger partial charge in [0.05, 0.1) is 0 Å². The van der Waals surface area contributed by atoms with Crippen molar-refractivity contribution in [1.29, 1.82) is 0 Å². The molecular weight excluding hydrogens is 240 g/mol. The first-order valence-corrected chi connectivity index (χ1v) is 7.47. The quantitative estimate of drug-likeness (QED) is 0.831. The number of piperazine rings is 1. The lowest BCUT2D eigenvalue weighted by Crippen LogP contribution is -2.66. The molecule has 1 fully saturated rings. The summed E-state index contributed by atoms with van der Waals surface area (Å²) in [5, 5.41) is 2.88. The molecule has 2 amide bonds. The maximum Gasteiger partial charge on any atom is 0.246 e. The van der Waals surface area contributed by atoms with E-state index in [1.54, 1.807) is 4.90 Å². The molecular formula is C15H28N2O2. The number of hydrogen-bond acceptors (Lipinski definition) is 2. The van der Waals surface area contributed by atoms with Crippen LogP contribution in [0, 0.1) is 11.8 Å². The van der Waals surface area contributed by atoms with Crippen LogP contribution in [-0.4, -0.2) is 34.8 Å². The van der Waals surface area contributed by atoms with Crippen molar-refractivity contribution in [3.05, 3.63) is 0 Å². The van der Waals surface area contributed by atoms with Crippen LogP contribution in [0.4, 0.5) is 0 Å². The third-order valence-electron chi connectivity index (χ3n) is 4.73. The van der Waals surface area contributed by atoms with E-state index in [1.807, 2.05) is 20.8 Å². The number of carbonyl (C=O) groups excluding carboxylic acids is 2. The summed E-state index contributed by atoms with van der Waals surface area (Å²) in [4.78, 5) is 26.5. The van der Waals surface area contributed by atoms with E-state index in [0.29, 0.717) is 5.92 Å². The maximum absolute atomic E-state index is 12.7. The highest BCUT2D eigenvalue weighted by atomic mass is 16.2. The Morgan fingerprint density at radius 3 is 2.21 bits per heavy atom. The Hall–Kier alpha value is -1.06. The van der Waals surface area contributed by atoms with Crippen LogP contribution in [-0.2, 0) is 9.59 Å². The van der Waals surface area contributed by atoms with Crippen molar-refractivity contribution in [2.45, 2.75) is 72.5 Å². The normalized spacial score (nSPS) is 28.8. The minimum atomic E-state index is -0.364. The van der Waals surface area contributed by atoms with Gasteiger partial charge in [0.2, 0.25) is 11.8 Å². The van der Waals surface area contributed by atoms with Crippen molar-refractivity contribution in [3.63, 3.8) is 0 Å². The summed E-state index contributed by atoms with van der Waals surface area (Å²) in [7, 11) is 0. The fourth-order valence-corrected chi connectivity index (χ4v) is 2.60. The number of amides is 2. The SMILES string of the molecule is CCC(C)C1NC(=O)C(C)N(C(C)C(C)CC)C1=O. The predicted octanol–water partition coefficient (Wildman–Crippen LogP) is 2.18. The van der Waals surface area contributed by atoms with Crippen molar-refractivity contribution in [2.75, 3.05) is 0 Å². The van der Waals surface area contributed by atoms with Crippen LogP contribution in [0.5, 0.6) is 0 Å². The molecule has 0 radical (unpaired) electrons. The van der Waals surface area contributed by atoms with Crippen molar-refractivity contribution in [3.8, 4) is 0 Å². The van der Waals surface area contributed by atoms with Crippen LogP contribution in [0.1, 0.15) is 54.4 Å². The summed E-state index contributed by atoms with van der Waals surface area (Å²) in [5.74, 6) is 0.625. The molecule has 0 aromatic heterocycles. The lowest BCUT2D eigenvalue weighted by Gasteiger charge is -2.44. The minimum absolute atomic E-state index is 0.0277. The first kappa shape index (κ1) is 16.0. The Balaban J connectivity index is 2.99. The fraction of sp³-hybridized carbons (Fsp3) is 0.867. The molecule has 0 aromatic carbocycles. The Labute approximate surface area is 116 Å². The standard InChI is InChI=1S/C15H28N2O2/c1-7-9(3)11(5)17-12(6)14(18)16-13(15(17)19)10(4)8-2/h9-13H,7-8H2,1-6H3,(H,16,18). The van der Waals surface area contributed by atoms with Crippen LogP contribution in [0.2, 0.25) is 0 Å². The van der Waals surface area contributed by atoms with Crippen LogP contribution in [0.25, 0.3) is 0 Å². The molecule has 1 aliphatic rings. The van der Waals surface area contributed by atoms with Crippen molar-refractivity contribution in [2.24, 2.45) is 11.8 Å². The zero-order valence-corrected chi connectivity index (χ0v) is 13.1. The summed E-state index contributed by atoms with van der Waals surface area (Å²) in [5.41, 5.74) is 0. The zero-order chi connectivity index (χ0) is 14.7. The van der Waals surface area contributed by atoms with Gasteiger partial charge in [-0.3, -0.25) is 9.59 Å². The van der Waals surface area contributed by atoms with Gasteiger partial charge >= 0.3 is 0 Å². The molecule has 0 saturated carbocycles. The van der Waals surface area contributed by atoms with E-state index < -0.39 is 0 Å². The molecule has 5 atom stereocenters. The highest BCUT2D eigenvalue weighted by Gasteiger charge is 2.42. The summed E-state index contributed by atoms with van der Waals surface area (Å²) >= 11 is 0. The van der Waals surface area contributed by atoms with Crippen LogP contribution in [0.3, 0.4) is 0 Å². The maximum atomic E-state index is 12.7. The highest BCUT2D eigenvalue weighted by molar-refractivity contribution is 5.97. The molecule has 1 rings (SSSR count). The molecule has 1 aliphatic heterocycles. The summed E-state index contributed by atoms with van der Waals surface area (Å²) in [6.45, 7) is 12.2. The van der Waals surface area contributed by atoms with Crippen molar-refractivity contribution in [1.82, 2.24) is 10.2 Å². The van der Waals surface area contributed by atoms with Gasteiger partial charge < -0.3 is 10.2 Å². The second kappa shape index (κ2) is 6.40. The number of rotatable bonds is 5. The van der Waals surface area contributed by atoms with Gasteiger partial charge in [0.1, 0.15) is 12.1 Å². The Bertz CT molecular complexity index is 343. The van der Waals surface area contributed by atoms with E-state index in [-0.39, 0.29) is 35.9 Å². The topological polar surface area (TPSA) is 49.4 Å². The van der Waals surface area contributed by atoms with Gasteiger partial charge in [0.15, 0.2) is 0 Å². The summed E-state index contributed by atoms with van der Waals surface area (Å²) in [6.07, 6.45) is 1.89. The van der Waals surface area contributed by atoms with Gasteiger partial charge in [-0.2, -0.15) is 0 Å². The van der Waals surface area contributed by atoms with Gasteiger partial charge in [-0.15, -0.1) is 0 Å². The van der Waals surface area contributed by atoms with Crippen LogP contribution < -0.4 is 5.32 Å². The first-order valence-electron chi connectivity index (χ1n) is 7.47. The molecule has 1 heterocycles. The Morgan fingerprint density at radius 1 is 1.16 bits per heavy atom. The Kier molecular flexibility index (Phi) is 5.39. The van der Waals surface area contributed by atoms with E-state index in [2.05, 4.69) is 26.1 Å². The molecule has 1 saturated heterocycles. The van der Waals surface area contributed by atoms with Gasteiger partial charge in [0, 0.05) is 6.04 Å². The molecule has 4 heteroatoms. The smallest absolute Gasteiger partial charge is 0.246 e. The largest absolute Gasteiger partial charge is 0.342 e. The molecule has 0 aromatic rings. The van der Waals surface area contributed by atoms with E-state index in [4.69, 9.17) is 0 Å². The summed E-state index contributed by atoms with van der Waals surface area (Å²) in [6, 6.07) is -0.623. The third-order valence-corrected chi connectivity index (χ3v) is 4.73. The Morgan fingerprint density at radius 2 is 1.74 bits per heavy atom. The molecule has 110 valence electrons. The average Bonchev–Trinajstić information content (AvgIpc) is 2.40. The first-order chi connectivity index (χ1) is 8.84. The van der Waals surface area contributed by atoms with E-state index in [0.717, 1.165) is 12.8 Å². The second-order valence-corrected chi connectivity index (χ2v) is 5.92. The number of carbonyl (C=O) groups is 2. The van der Waals surface area contributed by atoms with Crippen LogP contribution in [0.15, 0.2) is 0 Å². The molecule has 0 aliphatic carbocycles. The molecule has 0 spiro atoms. The summed E-state index contributed by atoms with van der Waals surface area (Å²) < 4.78 is 0. The zero-order valence-electron chi connectivity index (χ0n) is 13.1. The van der Waals surface area contributed by atoms with Crippen molar-refractivity contribution >= 4 is 11.8 Å². The van der Waals surface area contributed by atoms with E-state index in [9.17, 15) is 9.59 Å². The van der Waals surface area contributed by atoms with E-state index in [1.165, 1.54) is 0 Å². The van der Waals surface area contributed by atoms with E-state index >= 15 is 0 Å². The monoisotopic (exact) mass is 268 g/mol. The van der Waals surface area contributed by atoms with Gasteiger partial charge in [-0.25, -0.2) is 0 Å². The molecule has 19 heavy (non-hydrogen) atoms. The predicted molar refractivity (Wildman–Crippen MR) is 76.6 cm³/mol. The lowest BCUT2D eigenvalue weighted by molar-refractivity contribution is -0.153. The van der Waals surface area contributed by atoms with Gasteiger partial charge in [0.25, 0.3) is 0 Å². The molecule has 5 unspecified atom stereocenters. The third kappa shape index (κ3) is 3.10. The molecule has 1 N–H and O–H groups in total. The fourth-order valence-electron chi connectivity index (χ4n) is 2.60. The average molecular weight is 268 g/mol. The number of nitrogens with one attached hydrogen (secondary N) is 1. The molecule has 0 bridgehead atoms. The second-order valence-electron chi connectivity index (χ2n) is 5.92. The minimum Gasteiger partial charge on any atom is -0.342 e. The van der Waals surface area contributed by atoms with Crippen molar-refractivity contribution < 1.29 is 9.59 Å². The number of hydrogen-bond donors (Lipinski definition) is 1. The number of nitrogens with zero attached hydrogens (tertiary/aromatic N) is 1. The highest BCUT2D eigenvalue weighted by Crippen LogP contribution is 2.24.